The number of imidazole rings is 1. The van der Waals surface area contributed by atoms with Crippen molar-refractivity contribution < 1.29 is 23.9 Å². The Kier molecular flexibility index (Phi) is 11.9. The Balaban J connectivity index is 1.56. The van der Waals surface area contributed by atoms with Crippen LogP contribution >= 0.6 is 0 Å². The second-order valence-electron chi connectivity index (χ2n) is 11.4. The number of hydrogen-bond acceptors (Lipinski definition) is 7. The van der Waals surface area contributed by atoms with Crippen LogP contribution in [0.2, 0.25) is 0 Å². The van der Waals surface area contributed by atoms with Gasteiger partial charge in [0.25, 0.3) is 0 Å². The number of hydrogen-bond donors (Lipinski definition) is 2. The first-order chi connectivity index (χ1) is 24.0. The molecule has 0 aliphatic carbocycles. The van der Waals surface area contributed by atoms with Gasteiger partial charge >= 0.3 is 12.1 Å². The number of amides is 1. The molecule has 0 aliphatic rings. The zero-order valence-electron chi connectivity index (χ0n) is 27.6. The second kappa shape index (κ2) is 16.9. The van der Waals surface area contributed by atoms with Crippen LogP contribution in [0.4, 0.5) is 4.79 Å². The highest BCUT2D eigenvalue weighted by molar-refractivity contribution is 6.01. The van der Waals surface area contributed by atoms with Crippen molar-refractivity contribution >= 4 is 17.8 Å². The van der Waals surface area contributed by atoms with E-state index in [2.05, 4.69) is 56.6 Å². The summed E-state index contributed by atoms with van der Waals surface area (Å²) in [7, 11) is 1.30. The first kappa shape index (κ1) is 34.5. The van der Waals surface area contributed by atoms with E-state index in [0.29, 0.717) is 11.3 Å². The molecule has 4 aromatic carbocycles. The summed E-state index contributed by atoms with van der Waals surface area (Å²) in [6.07, 6.45) is 4.54. The van der Waals surface area contributed by atoms with Crippen molar-refractivity contribution in [3.05, 3.63) is 173 Å². The summed E-state index contributed by atoms with van der Waals surface area (Å²) in [5.74, 6) is -0.779. The van der Waals surface area contributed by atoms with Gasteiger partial charge in [-0.15, -0.1) is 0 Å². The van der Waals surface area contributed by atoms with E-state index in [1.54, 1.807) is 25.5 Å². The number of esters is 1. The number of rotatable bonds is 15. The lowest BCUT2D eigenvalue weighted by molar-refractivity contribution is -0.139. The van der Waals surface area contributed by atoms with E-state index in [0.717, 1.165) is 22.3 Å². The summed E-state index contributed by atoms with van der Waals surface area (Å²) in [5, 5.41) is 5.79. The molecular formula is C40H40N4O5. The van der Waals surface area contributed by atoms with Crippen LogP contribution in [0.25, 0.3) is 0 Å². The fourth-order valence-corrected chi connectivity index (χ4v) is 5.98. The summed E-state index contributed by atoms with van der Waals surface area (Å²) in [6.45, 7) is 1.82. The first-order valence-corrected chi connectivity index (χ1v) is 16.1. The molecule has 0 aliphatic heterocycles. The molecule has 9 nitrogen and oxygen atoms in total. The Labute approximate surface area is 286 Å². The number of allylic oxidation sites excluding steroid dienone is 1. The standard InChI is InChI=1S/C40H40N4O5/c1-3-31(25-41-27-37(45)48-2)38(46)36(43-39(47)49-28-30-16-8-4-9-17-30)24-35-26-42-29-44(35)40(32-18-10-5-11-19-32,33-20-12-6-13-21-33)34-22-14-7-15-23-34/h3-23,26,29,36,41H,24-25,27-28H2,1-2H3,(H,43,47). The van der Waals surface area contributed by atoms with Crippen molar-refractivity contribution in [3.8, 4) is 0 Å². The van der Waals surface area contributed by atoms with Crippen molar-refractivity contribution in [2.45, 2.75) is 31.5 Å². The zero-order chi connectivity index (χ0) is 34.5. The highest BCUT2D eigenvalue weighted by atomic mass is 16.5. The van der Waals surface area contributed by atoms with Crippen molar-refractivity contribution in [2.75, 3.05) is 20.2 Å². The third kappa shape index (κ3) is 8.20. The fraction of sp³-hybridized carbons (Fsp3) is 0.200. The molecule has 1 heterocycles. The minimum absolute atomic E-state index is 0.0435. The molecule has 5 aromatic rings. The van der Waals surface area contributed by atoms with Crippen molar-refractivity contribution in [1.29, 1.82) is 0 Å². The summed E-state index contributed by atoms with van der Waals surface area (Å²) < 4.78 is 12.4. The third-order valence-corrected chi connectivity index (χ3v) is 8.36. The van der Waals surface area contributed by atoms with E-state index in [1.807, 2.05) is 84.9 Å². The van der Waals surface area contributed by atoms with Gasteiger partial charge < -0.3 is 24.7 Å². The van der Waals surface area contributed by atoms with Gasteiger partial charge in [0, 0.05) is 30.4 Å². The molecule has 0 saturated heterocycles. The average molecular weight is 657 g/mol. The maximum Gasteiger partial charge on any atom is 0.408 e. The molecule has 5 rings (SSSR count). The van der Waals surface area contributed by atoms with Gasteiger partial charge in [0.2, 0.25) is 0 Å². The van der Waals surface area contributed by atoms with E-state index in [1.165, 1.54) is 7.11 Å². The Bertz CT molecular complexity index is 1740. The number of aromatic nitrogens is 2. The number of carbonyl (C=O) groups excluding carboxylic acids is 3. The van der Waals surface area contributed by atoms with Gasteiger partial charge in [0.05, 0.1) is 20.0 Å². The van der Waals surface area contributed by atoms with Gasteiger partial charge in [-0.05, 0) is 29.2 Å². The quantitative estimate of drug-likeness (QED) is 0.0828. The highest BCUT2D eigenvalue weighted by Gasteiger charge is 2.40. The molecule has 0 fully saturated rings. The number of alkyl carbamates (subject to hydrolysis) is 1. The first-order valence-electron chi connectivity index (χ1n) is 16.1. The SMILES string of the molecule is CC=C(CNCC(=O)OC)C(=O)C(Cc1cncn1C(c1ccccc1)(c1ccccc1)c1ccccc1)NC(=O)OCc1ccccc1. The Morgan fingerprint density at radius 3 is 1.84 bits per heavy atom. The van der Waals surface area contributed by atoms with E-state index in [4.69, 9.17) is 9.47 Å². The maximum atomic E-state index is 14.2. The zero-order valence-corrected chi connectivity index (χ0v) is 27.6. The molecule has 2 N–H and O–H groups in total. The lowest BCUT2D eigenvalue weighted by atomic mass is 9.76. The van der Waals surface area contributed by atoms with Crippen LogP contribution in [0.3, 0.4) is 0 Å². The normalized spacial score (nSPS) is 12.2. The fourth-order valence-electron chi connectivity index (χ4n) is 5.98. The van der Waals surface area contributed by atoms with Crippen LogP contribution < -0.4 is 10.6 Å². The number of nitrogens with one attached hydrogen (secondary N) is 2. The van der Waals surface area contributed by atoms with E-state index in [-0.39, 0.29) is 31.9 Å². The van der Waals surface area contributed by atoms with Gasteiger partial charge in [0.15, 0.2) is 5.78 Å². The smallest absolute Gasteiger partial charge is 0.408 e. The van der Waals surface area contributed by atoms with Gasteiger partial charge in [0.1, 0.15) is 18.2 Å². The second-order valence-corrected chi connectivity index (χ2v) is 11.4. The lowest BCUT2D eigenvalue weighted by Crippen LogP contribution is -2.46. The van der Waals surface area contributed by atoms with Gasteiger partial charge in [-0.1, -0.05) is 127 Å². The van der Waals surface area contributed by atoms with Crippen molar-refractivity contribution in [3.63, 3.8) is 0 Å². The maximum absolute atomic E-state index is 14.2. The number of carbonyl (C=O) groups is 3. The Hall–Kier alpha value is -5.80. The van der Waals surface area contributed by atoms with Crippen LogP contribution in [0.5, 0.6) is 0 Å². The molecule has 0 bridgehead atoms. The monoisotopic (exact) mass is 656 g/mol. The Morgan fingerprint density at radius 2 is 1.33 bits per heavy atom. The molecule has 250 valence electrons. The van der Waals surface area contributed by atoms with Crippen LogP contribution in [0.15, 0.2) is 146 Å². The molecule has 0 radical (unpaired) electrons. The van der Waals surface area contributed by atoms with E-state index in [9.17, 15) is 14.4 Å². The van der Waals surface area contributed by atoms with Crippen molar-refractivity contribution in [2.24, 2.45) is 0 Å². The summed E-state index contributed by atoms with van der Waals surface area (Å²) in [5.41, 5.74) is 4.02. The number of ether oxygens (including phenoxy) is 2. The molecule has 49 heavy (non-hydrogen) atoms. The lowest BCUT2D eigenvalue weighted by Gasteiger charge is -2.39. The van der Waals surface area contributed by atoms with Crippen LogP contribution in [-0.4, -0.2) is 53.6 Å². The predicted octanol–water partition coefficient (Wildman–Crippen LogP) is 5.84. The topological polar surface area (TPSA) is 112 Å². The van der Waals surface area contributed by atoms with Gasteiger partial charge in [-0.25, -0.2) is 9.78 Å². The summed E-state index contributed by atoms with van der Waals surface area (Å²) >= 11 is 0. The molecule has 1 atom stereocenters. The predicted molar refractivity (Wildman–Crippen MR) is 188 cm³/mol. The Morgan fingerprint density at radius 1 is 0.796 bits per heavy atom. The van der Waals surface area contributed by atoms with Crippen LogP contribution in [0, 0.1) is 0 Å². The minimum Gasteiger partial charge on any atom is -0.468 e. The molecule has 9 heteroatoms. The number of methoxy groups -OCH3 is 1. The summed E-state index contributed by atoms with van der Waals surface area (Å²) in [6, 6.07) is 38.7. The molecule has 0 saturated carbocycles. The minimum atomic E-state index is -1.02. The number of nitrogens with zero attached hydrogens (tertiary/aromatic N) is 2. The van der Waals surface area contributed by atoms with Crippen LogP contribution in [-0.2, 0) is 37.6 Å². The van der Waals surface area contributed by atoms with Crippen LogP contribution in [0.1, 0.15) is 34.9 Å². The molecule has 1 aromatic heterocycles. The number of ketones is 1. The summed E-state index contributed by atoms with van der Waals surface area (Å²) in [4.78, 5) is 43.8. The average Bonchev–Trinajstić information content (AvgIpc) is 3.62. The highest BCUT2D eigenvalue weighted by Crippen LogP contribution is 2.41. The molecule has 0 spiro atoms. The number of Topliss-reactive ketones (excluding diaryl/α,β-unsaturated/α-hetero) is 1. The largest absolute Gasteiger partial charge is 0.468 e. The number of benzene rings is 4. The van der Waals surface area contributed by atoms with E-state index < -0.39 is 23.6 Å². The molecule has 1 amide bonds. The molecular weight excluding hydrogens is 616 g/mol. The van der Waals surface area contributed by atoms with Gasteiger partial charge in [-0.2, -0.15) is 0 Å². The van der Waals surface area contributed by atoms with Gasteiger partial charge in [-0.3, -0.25) is 9.59 Å². The van der Waals surface area contributed by atoms with E-state index >= 15 is 0 Å². The third-order valence-electron chi connectivity index (χ3n) is 8.36. The molecule has 1 unspecified atom stereocenters. The van der Waals surface area contributed by atoms with Crippen molar-refractivity contribution in [1.82, 2.24) is 20.2 Å².